The van der Waals surface area contributed by atoms with Crippen molar-refractivity contribution in [1.82, 2.24) is 9.88 Å². The van der Waals surface area contributed by atoms with Crippen molar-refractivity contribution in [2.24, 2.45) is 0 Å². The smallest absolute Gasteiger partial charge is 0.275 e. The molecule has 1 unspecified atom stereocenters. The fraction of sp³-hybridized carbons (Fsp3) is 0.292. The largest absolute Gasteiger partial charge is 0.370 e. The summed E-state index contributed by atoms with van der Waals surface area (Å²) >= 11 is 1.40. The van der Waals surface area contributed by atoms with Gasteiger partial charge in [0.2, 0.25) is 5.91 Å². The number of hydrogen-bond acceptors (Lipinski definition) is 6. The zero-order valence-corrected chi connectivity index (χ0v) is 19.3. The van der Waals surface area contributed by atoms with E-state index in [2.05, 4.69) is 39.5 Å². The van der Waals surface area contributed by atoms with Crippen LogP contribution in [0.1, 0.15) is 23.8 Å². The molecule has 2 N–H and O–H groups in total. The summed E-state index contributed by atoms with van der Waals surface area (Å²) in [5, 5.41) is 8.16. The first kappa shape index (κ1) is 22.0. The number of amides is 2. The molecule has 3 aromatic rings. The Labute approximate surface area is 192 Å². The molecule has 4 rings (SSSR count). The van der Waals surface area contributed by atoms with Crippen molar-refractivity contribution in [3.05, 3.63) is 59.6 Å². The third-order valence-corrected chi connectivity index (χ3v) is 6.44. The molecule has 1 atom stereocenters. The molecule has 0 bridgehead atoms. The predicted molar refractivity (Wildman–Crippen MR) is 131 cm³/mol. The van der Waals surface area contributed by atoms with Crippen LogP contribution in [0.5, 0.6) is 0 Å². The molecular weight excluding hydrogens is 422 g/mol. The number of nitrogens with zero attached hydrogens (tertiary/aromatic N) is 3. The molecule has 0 radical (unpaired) electrons. The van der Waals surface area contributed by atoms with Crippen LogP contribution in [0, 0.1) is 0 Å². The van der Waals surface area contributed by atoms with Gasteiger partial charge in [-0.2, -0.15) is 0 Å². The van der Waals surface area contributed by atoms with Crippen LogP contribution in [0.3, 0.4) is 0 Å². The summed E-state index contributed by atoms with van der Waals surface area (Å²) in [6.07, 6.45) is 1.16. The van der Waals surface area contributed by atoms with Gasteiger partial charge in [-0.25, -0.2) is 4.98 Å². The SMILES string of the molecule is CC(=O)Nc1cccc(-c2nc(C(=O)Nc3ccc(N4CCC(N(C)C)C4)cc3)cs2)c1. The Morgan fingerprint density at radius 2 is 1.88 bits per heavy atom. The molecule has 2 amide bonds. The monoisotopic (exact) mass is 449 g/mol. The van der Waals surface area contributed by atoms with Crippen molar-refractivity contribution < 1.29 is 9.59 Å². The molecule has 166 valence electrons. The minimum atomic E-state index is -0.243. The van der Waals surface area contributed by atoms with Crippen LogP contribution in [-0.2, 0) is 4.79 Å². The van der Waals surface area contributed by atoms with Gasteiger partial charge in [0.15, 0.2) is 0 Å². The van der Waals surface area contributed by atoms with E-state index < -0.39 is 0 Å². The summed E-state index contributed by atoms with van der Waals surface area (Å²) in [4.78, 5) is 33.1. The van der Waals surface area contributed by atoms with Crippen molar-refractivity contribution in [3.8, 4) is 10.6 Å². The van der Waals surface area contributed by atoms with Crippen LogP contribution in [0.2, 0.25) is 0 Å². The predicted octanol–water partition coefficient (Wildman–Crippen LogP) is 4.16. The second-order valence-electron chi connectivity index (χ2n) is 8.15. The highest BCUT2D eigenvalue weighted by atomic mass is 32.1. The first-order valence-corrected chi connectivity index (χ1v) is 11.4. The fourth-order valence-corrected chi connectivity index (χ4v) is 4.59. The average molecular weight is 450 g/mol. The zero-order chi connectivity index (χ0) is 22.7. The van der Waals surface area contributed by atoms with Gasteiger partial charge in [0, 0.05) is 54.1 Å². The lowest BCUT2D eigenvalue weighted by Crippen LogP contribution is -2.31. The van der Waals surface area contributed by atoms with Gasteiger partial charge in [0.05, 0.1) is 0 Å². The first-order chi connectivity index (χ1) is 15.4. The molecular formula is C24H27N5O2S. The highest BCUT2D eigenvalue weighted by Crippen LogP contribution is 2.27. The molecule has 1 aromatic heterocycles. The van der Waals surface area contributed by atoms with E-state index in [9.17, 15) is 9.59 Å². The number of hydrogen-bond donors (Lipinski definition) is 2. The number of likely N-dealkylation sites (N-methyl/N-ethyl adjacent to an activating group) is 1. The molecule has 8 heteroatoms. The Balaban J connectivity index is 1.40. The second kappa shape index (κ2) is 9.50. The van der Waals surface area contributed by atoms with E-state index in [4.69, 9.17) is 0 Å². The van der Waals surface area contributed by atoms with E-state index in [1.165, 1.54) is 23.9 Å². The Kier molecular flexibility index (Phi) is 6.53. The number of carbonyl (C=O) groups is 2. The first-order valence-electron chi connectivity index (χ1n) is 10.6. The molecule has 0 aliphatic carbocycles. The summed E-state index contributed by atoms with van der Waals surface area (Å²) < 4.78 is 0. The zero-order valence-electron chi connectivity index (χ0n) is 18.5. The van der Waals surface area contributed by atoms with Gasteiger partial charge in [-0.3, -0.25) is 9.59 Å². The van der Waals surface area contributed by atoms with E-state index in [0.29, 0.717) is 17.4 Å². The van der Waals surface area contributed by atoms with E-state index in [1.54, 1.807) is 5.38 Å². The van der Waals surface area contributed by atoms with Gasteiger partial charge in [-0.1, -0.05) is 12.1 Å². The van der Waals surface area contributed by atoms with E-state index in [1.807, 2.05) is 48.5 Å². The molecule has 1 fully saturated rings. The number of carbonyl (C=O) groups excluding carboxylic acids is 2. The molecule has 1 aliphatic heterocycles. The number of nitrogens with one attached hydrogen (secondary N) is 2. The van der Waals surface area contributed by atoms with Crippen molar-refractivity contribution in [2.45, 2.75) is 19.4 Å². The second-order valence-corrected chi connectivity index (χ2v) is 9.01. The lowest BCUT2D eigenvalue weighted by molar-refractivity contribution is -0.114. The van der Waals surface area contributed by atoms with Gasteiger partial charge in [0.25, 0.3) is 5.91 Å². The quantitative estimate of drug-likeness (QED) is 0.591. The van der Waals surface area contributed by atoms with Crippen molar-refractivity contribution in [2.75, 3.05) is 42.7 Å². The molecule has 1 aliphatic rings. The molecule has 2 heterocycles. The summed E-state index contributed by atoms with van der Waals surface area (Å²) in [5.74, 6) is -0.373. The topological polar surface area (TPSA) is 77.6 Å². The molecule has 7 nitrogen and oxygen atoms in total. The van der Waals surface area contributed by atoms with Crippen LogP contribution in [0.15, 0.2) is 53.9 Å². The Bertz CT molecular complexity index is 1110. The maximum atomic E-state index is 12.7. The Morgan fingerprint density at radius 1 is 1.09 bits per heavy atom. The van der Waals surface area contributed by atoms with Crippen molar-refractivity contribution in [3.63, 3.8) is 0 Å². The standard InChI is InChI=1S/C24H27N5O2S/c1-16(30)25-19-6-4-5-17(13-19)24-27-22(15-32-24)23(31)26-18-7-9-20(10-8-18)29-12-11-21(14-29)28(2)3/h4-10,13,15,21H,11-12,14H2,1-3H3,(H,25,30)(H,26,31). The van der Waals surface area contributed by atoms with Crippen molar-refractivity contribution in [1.29, 1.82) is 0 Å². The summed E-state index contributed by atoms with van der Waals surface area (Å²) in [7, 11) is 4.24. The van der Waals surface area contributed by atoms with Gasteiger partial charge >= 0.3 is 0 Å². The Morgan fingerprint density at radius 3 is 2.56 bits per heavy atom. The number of anilines is 3. The summed E-state index contributed by atoms with van der Waals surface area (Å²) in [5.41, 5.74) is 3.83. The maximum absolute atomic E-state index is 12.7. The van der Waals surface area contributed by atoms with Gasteiger partial charge < -0.3 is 20.4 Å². The van der Waals surface area contributed by atoms with E-state index in [-0.39, 0.29) is 11.8 Å². The highest BCUT2D eigenvalue weighted by molar-refractivity contribution is 7.13. The lowest BCUT2D eigenvalue weighted by atomic mass is 10.2. The highest BCUT2D eigenvalue weighted by Gasteiger charge is 2.24. The van der Waals surface area contributed by atoms with Crippen LogP contribution in [0.25, 0.3) is 10.6 Å². The van der Waals surface area contributed by atoms with Gasteiger partial charge in [-0.15, -0.1) is 11.3 Å². The number of benzene rings is 2. The van der Waals surface area contributed by atoms with Crippen molar-refractivity contribution >= 4 is 40.2 Å². The lowest BCUT2D eigenvalue weighted by Gasteiger charge is -2.22. The third-order valence-electron chi connectivity index (χ3n) is 5.55. The fourth-order valence-electron chi connectivity index (χ4n) is 3.79. The van der Waals surface area contributed by atoms with Crippen LogP contribution >= 0.6 is 11.3 Å². The molecule has 0 saturated carbocycles. The minimum absolute atomic E-state index is 0.130. The van der Waals surface area contributed by atoms with E-state index >= 15 is 0 Å². The maximum Gasteiger partial charge on any atom is 0.275 e. The number of thiazole rings is 1. The van der Waals surface area contributed by atoms with Crippen LogP contribution in [0.4, 0.5) is 17.1 Å². The van der Waals surface area contributed by atoms with Gasteiger partial charge in [-0.05, 0) is 56.9 Å². The average Bonchev–Trinajstić information content (AvgIpc) is 3.44. The van der Waals surface area contributed by atoms with Crippen LogP contribution < -0.4 is 15.5 Å². The molecule has 2 aromatic carbocycles. The Hall–Kier alpha value is -3.23. The van der Waals surface area contributed by atoms with E-state index in [0.717, 1.165) is 35.8 Å². The number of aromatic nitrogens is 1. The molecule has 32 heavy (non-hydrogen) atoms. The number of rotatable bonds is 6. The molecule has 1 saturated heterocycles. The van der Waals surface area contributed by atoms with Gasteiger partial charge in [0.1, 0.15) is 10.7 Å². The summed E-state index contributed by atoms with van der Waals surface area (Å²) in [6.45, 7) is 3.53. The minimum Gasteiger partial charge on any atom is -0.370 e. The normalized spacial score (nSPS) is 15.8. The third kappa shape index (κ3) is 5.15. The summed E-state index contributed by atoms with van der Waals surface area (Å²) in [6, 6.07) is 16.0. The molecule has 0 spiro atoms. The van der Waals surface area contributed by atoms with Crippen LogP contribution in [-0.4, -0.2) is 54.9 Å².